The van der Waals surface area contributed by atoms with E-state index in [2.05, 4.69) is 10.6 Å². The molecule has 1 unspecified atom stereocenters. The van der Waals surface area contributed by atoms with Gasteiger partial charge in [0.1, 0.15) is 0 Å². The van der Waals surface area contributed by atoms with Crippen molar-refractivity contribution < 1.29 is 9.59 Å². The standard InChI is InChI=1S/C16H23N3O2/c1-11-9-13(6-7-14(11)16(21)19(2)3)18-15(20)10-12-5-4-8-17-12/h6-7,9,12,17H,4-5,8,10H2,1-3H3,(H,18,20). The smallest absolute Gasteiger partial charge is 0.253 e. The monoisotopic (exact) mass is 289 g/mol. The molecule has 0 radical (unpaired) electrons. The predicted octanol–water partition coefficient (Wildman–Crippen LogP) is 1.78. The Labute approximate surface area is 125 Å². The Bertz CT molecular complexity index is 534. The number of nitrogens with zero attached hydrogens (tertiary/aromatic N) is 1. The van der Waals surface area contributed by atoms with Crippen LogP contribution in [-0.2, 0) is 4.79 Å². The molecule has 21 heavy (non-hydrogen) atoms. The molecule has 1 saturated heterocycles. The summed E-state index contributed by atoms with van der Waals surface area (Å²) in [5.41, 5.74) is 2.27. The molecule has 0 aromatic heterocycles. The highest BCUT2D eigenvalue weighted by Crippen LogP contribution is 2.17. The summed E-state index contributed by atoms with van der Waals surface area (Å²) in [6, 6.07) is 5.68. The van der Waals surface area contributed by atoms with Gasteiger partial charge in [-0.3, -0.25) is 9.59 Å². The lowest BCUT2D eigenvalue weighted by molar-refractivity contribution is -0.116. The zero-order chi connectivity index (χ0) is 15.4. The van der Waals surface area contributed by atoms with Crippen LogP contribution in [0, 0.1) is 6.92 Å². The maximum Gasteiger partial charge on any atom is 0.253 e. The Hall–Kier alpha value is -1.88. The van der Waals surface area contributed by atoms with Crippen LogP contribution >= 0.6 is 0 Å². The van der Waals surface area contributed by atoms with Crippen LogP contribution in [0.15, 0.2) is 18.2 Å². The lowest BCUT2D eigenvalue weighted by atomic mass is 10.1. The quantitative estimate of drug-likeness (QED) is 0.888. The molecular formula is C16H23N3O2. The van der Waals surface area contributed by atoms with Crippen molar-refractivity contribution in [3.8, 4) is 0 Å². The predicted molar refractivity (Wildman–Crippen MR) is 83.5 cm³/mol. The van der Waals surface area contributed by atoms with Gasteiger partial charge in [-0.25, -0.2) is 0 Å². The minimum Gasteiger partial charge on any atom is -0.345 e. The molecule has 5 nitrogen and oxygen atoms in total. The third-order valence-corrected chi connectivity index (χ3v) is 3.74. The third-order valence-electron chi connectivity index (χ3n) is 3.74. The van der Waals surface area contributed by atoms with Crippen LogP contribution in [0.25, 0.3) is 0 Å². The first-order valence-electron chi connectivity index (χ1n) is 7.33. The topological polar surface area (TPSA) is 61.4 Å². The number of carbonyl (C=O) groups excluding carboxylic acids is 2. The fraction of sp³-hybridized carbons (Fsp3) is 0.500. The van der Waals surface area contributed by atoms with Gasteiger partial charge < -0.3 is 15.5 Å². The van der Waals surface area contributed by atoms with Gasteiger partial charge in [0, 0.05) is 37.8 Å². The average molecular weight is 289 g/mol. The first kappa shape index (κ1) is 15.5. The van der Waals surface area contributed by atoms with Crippen LogP contribution in [-0.4, -0.2) is 43.4 Å². The van der Waals surface area contributed by atoms with Crippen molar-refractivity contribution in [2.75, 3.05) is 26.0 Å². The van der Waals surface area contributed by atoms with Gasteiger partial charge in [0.25, 0.3) is 5.91 Å². The number of rotatable bonds is 4. The molecule has 1 aliphatic rings. The zero-order valence-corrected chi connectivity index (χ0v) is 12.9. The zero-order valence-electron chi connectivity index (χ0n) is 12.9. The van der Waals surface area contributed by atoms with Crippen molar-refractivity contribution >= 4 is 17.5 Å². The summed E-state index contributed by atoms with van der Waals surface area (Å²) in [6.07, 6.45) is 2.69. The number of benzene rings is 1. The molecule has 2 amide bonds. The summed E-state index contributed by atoms with van der Waals surface area (Å²) < 4.78 is 0. The average Bonchev–Trinajstić information content (AvgIpc) is 2.90. The highest BCUT2D eigenvalue weighted by Gasteiger charge is 2.18. The Morgan fingerprint density at radius 1 is 1.38 bits per heavy atom. The van der Waals surface area contributed by atoms with Crippen molar-refractivity contribution in [3.63, 3.8) is 0 Å². The largest absolute Gasteiger partial charge is 0.345 e. The summed E-state index contributed by atoms with van der Waals surface area (Å²) in [5.74, 6) is -0.0129. The second-order valence-corrected chi connectivity index (χ2v) is 5.77. The van der Waals surface area contributed by atoms with Crippen molar-refractivity contribution in [1.29, 1.82) is 0 Å². The lowest BCUT2D eigenvalue weighted by Gasteiger charge is -2.14. The Kier molecular flexibility index (Phi) is 4.96. The maximum atomic E-state index is 12.0. The fourth-order valence-electron chi connectivity index (χ4n) is 2.59. The second-order valence-electron chi connectivity index (χ2n) is 5.77. The SMILES string of the molecule is Cc1cc(NC(=O)CC2CCCN2)ccc1C(=O)N(C)C. The second kappa shape index (κ2) is 6.72. The fourth-order valence-corrected chi connectivity index (χ4v) is 2.59. The van der Waals surface area contributed by atoms with Crippen LogP contribution in [0.4, 0.5) is 5.69 Å². The van der Waals surface area contributed by atoms with Crippen molar-refractivity contribution in [3.05, 3.63) is 29.3 Å². The van der Waals surface area contributed by atoms with Gasteiger partial charge in [0.05, 0.1) is 0 Å². The number of amides is 2. The number of nitrogens with one attached hydrogen (secondary N) is 2. The Morgan fingerprint density at radius 2 is 2.14 bits per heavy atom. The highest BCUT2D eigenvalue weighted by atomic mass is 16.2. The van der Waals surface area contributed by atoms with E-state index in [1.165, 1.54) is 0 Å². The van der Waals surface area contributed by atoms with Gasteiger partial charge in [-0.05, 0) is 50.1 Å². The van der Waals surface area contributed by atoms with E-state index in [1.54, 1.807) is 31.1 Å². The lowest BCUT2D eigenvalue weighted by Crippen LogP contribution is -2.27. The van der Waals surface area contributed by atoms with Crippen molar-refractivity contribution in [1.82, 2.24) is 10.2 Å². The molecule has 0 spiro atoms. The van der Waals surface area contributed by atoms with Gasteiger partial charge in [0.15, 0.2) is 0 Å². The van der Waals surface area contributed by atoms with E-state index in [0.717, 1.165) is 30.6 Å². The highest BCUT2D eigenvalue weighted by molar-refractivity contribution is 5.97. The number of hydrogen-bond donors (Lipinski definition) is 2. The van der Waals surface area contributed by atoms with Crippen LogP contribution in [0.1, 0.15) is 35.2 Å². The molecule has 0 aliphatic carbocycles. The molecule has 1 aliphatic heterocycles. The summed E-state index contributed by atoms with van der Waals surface area (Å²) in [5, 5.41) is 6.21. The van der Waals surface area contributed by atoms with E-state index >= 15 is 0 Å². The van der Waals surface area contributed by atoms with Crippen LogP contribution in [0.5, 0.6) is 0 Å². The molecular weight excluding hydrogens is 266 g/mol. The van der Waals surface area contributed by atoms with E-state index in [1.807, 2.05) is 13.0 Å². The van der Waals surface area contributed by atoms with Gasteiger partial charge >= 0.3 is 0 Å². The number of aryl methyl sites for hydroxylation is 1. The van der Waals surface area contributed by atoms with E-state index < -0.39 is 0 Å². The molecule has 1 aromatic carbocycles. The molecule has 0 bridgehead atoms. The molecule has 2 rings (SSSR count). The maximum absolute atomic E-state index is 12.0. The number of anilines is 1. The number of hydrogen-bond acceptors (Lipinski definition) is 3. The molecule has 1 fully saturated rings. The molecule has 1 aromatic rings. The van der Waals surface area contributed by atoms with Crippen molar-refractivity contribution in [2.45, 2.75) is 32.2 Å². The summed E-state index contributed by atoms with van der Waals surface area (Å²) in [4.78, 5) is 25.5. The third kappa shape index (κ3) is 4.04. The summed E-state index contributed by atoms with van der Waals surface area (Å²) >= 11 is 0. The van der Waals surface area contributed by atoms with Crippen LogP contribution in [0.3, 0.4) is 0 Å². The van der Waals surface area contributed by atoms with E-state index in [0.29, 0.717) is 18.0 Å². The van der Waals surface area contributed by atoms with Gasteiger partial charge in [0.2, 0.25) is 5.91 Å². The molecule has 2 N–H and O–H groups in total. The molecule has 1 heterocycles. The molecule has 1 atom stereocenters. The van der Waals surface area contributed by atoms with E-state index in [-0.39, 0.29) is 11.8 Å². The van der Waals surface area contributed by atoms with E-state index in [9.17, 15) is 9.59 Å². The first-order valence-corrected chi connectivity index (χ1v) is 7.33. The van der Waals surface area contributed by atoms with Gasteiger partial charge in [-0.2, -0.15) is 0 Å². The molecule has 0 saturated carbocycles. The Balaban J connectivity index is 1.99. The van der Waals surface area contributed by atoms with Gasteiger partial charge in [-0.15, -0.1) is 0 Å². The number of carbonyl (C=O) groups is 2. The molecule has 114 valence electrons. The summed E-state index contributed by atoms with van der Waals surface area (Å²) in [7, 11) is 3.46. The minimum atomic E-state index is -0.0273. The van der Waals surface area contributed by atoms with Crippen LogP contribution < -0.4 is 10.6 Å². The minimum absolute atomic E-state index is 0.0143. The van der Waals surface area contributed by atoms with Crippen LogP contribution in [0.2, 0.25) is 0 Å². The Morgan fingerprint density at radius 3 is 2.71 bits per heavy atom. The van der Waals surface area contributed by atoms with E-state index in [4.69, 9.17) is 0 Å². The molecule has 5 heteroatoms. The van der Waals surface area contributed by atoms with Gasteiger partial charge in [-0.1, -0.05) is 0 Å². The first-order chi connectivity index (χ1) is 9.97. The summed E-state index contributed by atoms with van der Waals surface area (Å²) in [6.45, 7) is 2.88. The van der Waals surface area contributed by atoms with Crippen molar-refractivity contribution in [2.24, 2.45) is 0 Å². The normalized spacial score (nSPS) is 17.6.